The molecule has 1 N–H and O–H groups in total. The zero-order valence-electron chi connectivity index (χ0n) is 11.2. The molecule has 21 heavy (non-hydrogen) atoms. The molecular weight excluding hydrogens is 303 g/mol. The molecule has 1 atom stereocenters. The van der Waals surface area contributed by atoms with Gasteiger partial charge in [-0.3, -0.25) is 4.79 Å². The van der Waals surface area contributed by atoms with Crippen molar-refractivity contribution in [2.24, 2.45) is 7.05 Å². The second-order valence-electron chi connectivity index (χ2n) is 4.29. The number of aromatic nitrogens is 2. The fourth-order valence-electron chi connectivity index (χ4n) is 1.53. The van der Waals surface area contributed by atoms with E-state index in [1.165, 1.54) is 11.8 Å². The first kappa shape index (κ1) is 15.4. The number of benzene rings is 1. The predicted octanol–water partition coefficient (Wildman–Crippen LogP) is 2.96. The van der Waals surface area contributed by atoms with Gasteiger partial charge in [0, 0.05) is 19.4 Å². The Balaban J connectivity index is 2.08. The molecule has 1 aromatic heterocycles. The molecule has 0 aliphatic carbocycles. The van der Waals surface area contributed by atoms with Crippen molar-refractivity contribution in [2.75, 3.05) is 5.32 Å². The van der Waals surface area contributed by atoms with Gasteiger partial charge < -0.3 is 9.88 Å². The molecule has 2 aromatic rings. The Morgan fingerprint density at radius 1 is 1.33 bits per heavy atom. The molecule has 1 amide bonds. The topological polar surface area (TPSA) is 46.9 Å². The number of nitrogens with zero attached hydrogens (tertiary/aromatic N) is 2. The van der Waals surface area contributed by atoms with Crippen molar-refractivity contribution in [2.45, 2.75) is 17.3 Å². The van der Waals surface area contributed by atoms with Crippen LogP contribution in [0.15, 0.2) is 29.7 Å². The number of amides is 1. The molecular formula is C13H12F3N3OS. The minimum absolute atomic E-state index is 0.397. The van der Waals surface area contributed by atoms with Gasteiger partial charge in [0.1, 0.15) is 0 Å². The van der Waals surface area contributed by atoms with Crippen molar-refractivity contribution in [1.29, 1.82) is 0 Å². The van der Waals surface area contributed by atoms with Gasteiger partial charge in [-0.05, 0) is 19.1 Å². The van der Waals surface area contributed by atoms with Crippen LogP contribution < -0.4 is 5.32 Å². The van der Waals surface area contributed by atoms with Crippen LogP contribution in [0.2, 0.25) is 0 Å². The van der Waals surface area contributed by atoms with Gasteiger partial charge >= 0.3 is 0 Å². The van der Waals surface area contributed by atoms with Gasteiger partial charge in [0.2, 0.25) is 5.91 Å². The van der Waals surface area contributed by atoms with Crippen LogP contribution in [0.4, 0.5) is 18.9 Å². The van der Waals surface area contributed by atoms with Crippen molar-refractivity contribution in [1.82, 2.24) is 9.55 Å². The summed E-state index contributed by atoms with van der Waals surface area (Å²) in [6.07, 6.45) is 3.31. The summed E-state index contributed by atoms with van der Waals surface area (Å²) in [4.78, 5) is 16.0. The van der Waals surface area contributed by atoms with E-state index in [1.54, 1.807) is 30.9 Å². The first-order chi connectivity index (χ1) is 9.90. The normalized spacial score (nSPS) is 12.2. The Hall–Kier alpha value is -1.96. The summed E-state index contributed by atoms with van der Waals surface area (Å²) in [7, 11) is 1.77. The number of aryl methyl sites for hydroxylation is 1. The molecule has 4 nitrogen and oxygen atoms in total. The van der Waals surface area contributed by atoms with Crippen LogP contribution in [-0.2, 0) is 11.8 Å². The van der Waals surface area contributed by atoms with Crippen LogP contribution in [0.5, 0.6) is 0 Å². The van der Waals surface area contributed by atoms with Crippen molar-refractivity contribution >= 4 is 23.4 Å². The molecule has 8 heteroatoms. The van der Waals surface area contributed by atoms with Gasteiger partial charge in [0.25, 0.3) is 0 Å². The number of nitrogens with one attached hydrogen (secondary N) is 1. The number of anilines is 1. The molecule has 0 bridgehead atoms. The summed E-state index contributed by atoms with van der Waals surface area (Å²) >= 11 is 1.17. The van der Waals surface area contributed by atoms with E-state index in [2.05, 4.69) is 10.3 Å². The minimum Gasteiger partial charge on any atom is -0.329 e. The third kappa shape index (κ3) is 3.38. The minimum atomic E-state index is -1.61. The number of hydrogen-bond acceptors (Lipinski definition) is 3. The lowest BCUT2D eigenvalue weighted by atomic mass is 10.2. The Kier molecular flexibility index (Phi) is 4.56. The molecule has 1 unspecified atom stereocenters. The van der Waals surface area contributed by atoms with E-state index in [9.17, 15) is 18.0 Å². The summed E-state index contributed by atoms with van der Waals surface area (Å²) < 4.78 is 41.1. The number of carbonyl (C=O) groups is 1. The highest BCUT2D eigenvalue weighted by Gasteiger charge is 2.20. The van der Waals surface area contributed by atoms with Gasteiger partial charge in [-0.15, -0.1) is 0 Å². The molecule has 0 fully saturated rings. The number of halogens is 3. The number of rotatable bonds is 4. The lowest BCUT2D eigenvalue weighted by Crippen LogP contribution is -2.23. The van der Waals surface area contributed by atoms with Crippen LogP contribution in [0, 0.1) is 17.5 Å². The van der Waals surface area contributed by atoms with Crippen LogP contribution in [0.25, 0.3) is 0 Å². The van der Waals surface area contributed by atoms with Crippen molar-refractivity contribution in [3.8, 4) is 0 Å². The van der Waals surface area contributed by atoms with E-state index in [0.29, 0.717) is 5.16 Å². The third-order valence-corrected chi connectivity index (χ3v) is 3.89. The molecule has 0 aliphatic rings. The Morgan fingerprint density at radius 2 is 2.05 bits per heavy atom. The molecule has 1 heterocycles. The van der Waals surface area contributed by atoms with Crippen molar-refractivity contribution in [3.63, 3.8) is 0 Å². The van der Waals surface area contributed by atoms with Gasteiger partial charge in [0.05, 0.1) is 10.9 Å². The maximum atomic E-state index is 13.5. The Labute approximate surface area is 123 Å². The standard InChI is InChI=1S/C13H12F3N3OS/c1-7(21-13-17-5-6-19(13)2)12(20)18-9-4-3-8(14)10(15)11(9)16/h3-7H,1-2H3,(H,18,20). The highest BCUT2D eigenvalue weighted by Crippen LogP contribution is 2.24. The molecule has 0 saturated carbocycles. The average molecular weight is 315 g/mol. The molecule has 0 saturated heterocycles. The summed E-state index contributed by atoms with van der Waals surface area (Å²) in [5, 5.41) is 2.26. The lowest BCUT2D eigenvalue weighted by Gasteiger charge is -2.12. The van der Waals surface area contributed by atoms with Crippen LogP contribution in [0.1, 0.15) is 6.92 Å². The highest BCUT2D eigenvalue weighted by atomic mass is 32.2. The molecule has 0 aliphatic heterocycles. The smallest absolute Gasteiger partial charge is 0.237 e. The fourth-order valence-corrected chi connectivity index (χ4v) is 2.36. The van der Waals surface area contributed by atoms with E-state index >= 15 is 0 Å². The largest absolute Gasteiger partial charge is 0.329 e. The van der Waals surface area contributed by atoms with Crippen molar-refractivity contribution < 1.29 is 18.0 Å². The van der Waals surface area contributed by atoms with Gasteiger partial charge in [0.15, 0.2) is 22.6 Å². The summed E-state index contributed by atoms with van der Waals surface area (Å²) in [5.41, 5.74) is -0.397. The second kappa shape index (κ2) is 6.21. The summed E-state index contributed by atoms with van der Waals surface area (Å²) in [5.74, 6) is -4.87. The highest BCUT2D eigenvalue weighted by molar-refractivity contribution is 8.00. The average Bonchev–Trinajstić information content (AvgIpc) is 2.85. The fraction of sp³-hybridized carbons (Fsp3) is 0.231. The SMILES string of the molecule is CC(Sc1nccn1C)C(=O)Nc1ccc(F)c(F)c1F. The van der Waals surface area contributed by atoms with E-state index in [1.807, 2.05) is 0 Å². The molecule has 112 valence electrons. The van der Waals surface area contributed by atoms with Crippen molar-refractivity contribution in [3.05, 3.63) is 42.0 Å². The van der Waals surface area contributed by atoms with E-state index in [0.717, 1.165) is 12.1 Å². The lowest BCUT2D eigenvalue weighted by molar-refractivity contribution is -0.115. The maximum absolute atomic E-state index is 13.5. The van der Waals surface area contributed by atoms with Gasteiger partial charge in [-0.25, -0.2) is 18.2 Å². The van der Waals surface area contributed by atoms with E-state index in [-0.39, 0.29) is 0 Å². The van der Waals surface area contributed by atoms with Crippen LogP contribution >= 0.6 is 11.8 Å². The summed E-state index contributed by atoms with van der Waals surface area (Å²) in [6, 6.07) is 1.73. The second-order valence-corrected chi connectivity index (χ2v) is 5.60. The molecule has 1 aromatic carbocycles. The first-order valence-corrected chi connectivity index (χ1v) is 6.86. The molecule has 0 radical (unpaired) electrons. The Morgan fingerprint density at radius 3 is 2.67 bits per heavy atom. The zero-order valence-corrected chi connectivity index (χ0v) is 12.0. The van der Waals surface area contributed by atoms with Gasteiger partial charge in [-0.1, -0.05) is 11.8 Å². The number of thioether (sulfide) groups is 1. The number of imidazole rings is 1. The predicted molar refractivity (Wildman–Crippen MR) is 73.5 cm³/mol. The quantitative estimate of drug-likeness (QED) is 0.697. The third-order valence-electron chi connectivity index (χ3n) is 2.72. The van der Waals surface area contributed by atoms with E-state index < -0.39 is 34.3 Å². The maximum Gasteiger partial charge on any atom is 0.237 e. The first-order valence-electron chi connectivity index (χ1n) is 5.98. The number of carbonyl (C=O) groups excluding carboxylic acids is 1. The van der Waals surface area contributed by atoms with E-state index in [4.69, 9.17) is 0 Å². The Bertz CT molecular complexity index is 675. The molecule has 2 rings (SSSR count). The molecule has 0 spiro atoms. The monoisotopic (exact) mass is 315 g/mol. The van der Waals surface area contributed by atoms with Crippen LogP contribution in [0.3, 0.4) is 0 Å². The number of hydrogen-bond donors (Lipinski definition) is 1. The summed E-state index contributed by atoms with van der Waals surface area (Å²) in [6.45, 7) is 1.60. The van der Waals surface area contributed by atoms with Gasteiger partial charge in [-0.2, -0.15) is 0 Å². The van der Waals surface area contributed by atoms with Crippen LogP contribution in [-0.4, -0.2) is 20.7 Å². The zero-order chi connectivity index (χ0) is 15.6.